The molecule has 0 aliphatic carbocycles. The van der Waals surface area contributed by atoms with Gasteiger partial charge in [0.2, 0.25) is 0 Å². The van der Waals surface area contributed by atoms with E-state index in [1.54, 1.807) is 0 Å². The SMILES string of the molecule is CC(C)(C)PC(C)(C)C(c1ccccc1)c1ccccc1. The number of benzene rings is 2. The van der Waals surface area contributed by atoms with Crippen LogP contribution in [0.5, 0.6) is 0 Å². The summed E-state index contributed by atoms with van der Waals surface area (Å²) < 4.78 is 0. The molecule has 0 saturated heterocycles. The van der Waals surface area contributed by atoms with Gasteiger partial charge in [-0.3, -0.25) is 0 Å². The summed E-state index contributed by atoms with van der Waals surface area (Å²) in [6.07, 6.45) is 0. The van der Waals surface area contributed by atoms with Crippen LogP contribution in [-0.4, -0.2) is 10.3 Å². The van der Waals surface area contributed by atoms with Gasteiger partial charge in [-0.15, -0.1) is 8.58 Å². The highest BCUT2D eigenvalue weighted by molar-refractivity contribution is 7.41. The van der Waals surface area contributed by atoms with Gasteiger partial charge in [0.05, 0.1) is 0 Å². The summed E-state index contributed by atoms with van der Waals surface area (Å²) in [5.41, 5.74) is 2.84. The van der Waals surface area contributed by atoms with Gasteiger partial charge >= 0.3 is 0 Å². The second-order valence-electron chi connectivity index (χ2n) is 7.35. The molecule has 0 fully saturated rings. The summed E-state index contributed by atoms with van der Waals surface area (Å²) in [7, 11) is 0.900. The molecule has 1 unspecified atom stereocenters. The number of hydrogen-bond acceptors (Lipinski definition) is 0. The fourth-order valence-corrected chi connectivity index (χ4v) is 5.77. The lowest BCUT2D eigenvalue weighted by Crippen LogP contribution is -2.29. The van der Waals surface area contributed by atoms with E-state index in [4.69, 9.17) is 0 Å². The predicted molar refractivity (Wildman–Crippen MR) is 96.9 cm³/mol. The van der Waals surface area contributed by atoms with Gasteiger partial charge in [-0.05, 0) is 21.4 Å². The van der Waals surface area contributed by atoms with Crippen molar-refractivity contribution in [3.63, 3.8) is 0 Å². The third-order valence-electron chi connectivity index (χ3n) is 3.68. The smallest absolute Gasteiger partial charge is 0.0177 e. The van der Waals surface area contributed by atoms with Crippen molar-refractivity contribution in [1.29, 1.82) is 0 Å². The zero-order valence-electron chi connectivity index (χ0n) is 13.9. The highest BCUT2D eigenvalue weighted by Crippen LogP contribution is 2.52. The first-order valence-corrected chi connectivity index (χ1v) is 8.69. The molecule has 2 aromatic rings. The van der Waals surface area contributed by atoms with E-state index in [1.807, 2.05) is 0 Å². The molecule has 0 radical (unpaired) electrons. The third kappa shape index (κ3) is 4.42. The van der Waals surface area contributed by atoms with E-state index in [-0.39, 0.29) is 5.16 Å². The van der Waals surface area contributed by atoms with Crippen LogP contribution in [0.15, 0.2) is 60.7 Å². The Morgan fingerprint density at radius 2 is 1.05 bits per heavy atom. The first kappa shape index (κ1) is 16.2. The average molecular weight is 298 g/mol. The van der Waals surface area contributed by atoms with Crippen molar-refractivity contribution in [1.82, 2.24) is 0 Å². The van der Waals surface area contributed by atoms with Crippen molar-refractivity contribution in [2.75, 3.05) is 0 Å². The first-order chi connectivity index (χ1) is 9.80. The summed E-state index contributed by atoms with van der Waals surface area (Å²) in [5, 5.41) is 0.590. The van der Waals surface area contributed by atoms with Gasteiger partial charge in [-0.1, -0.05) is 95.3 Å². The second kappa shape index (κ2) is 6.32. The topological polar surface area (TPSA) is 0 Å². The van der Waals surface area contributed by atoms with Gasteiger partial charge in [0.25, 0.3) is 0 Å². The number of rotatable bonds is 4. The Labute approximate surface area is 131 Å². The summed E-state index contributed by atoms with van der Waals surface area (Å²) in [6, 6.07) is 21.9. The minimum Gasteiger partial charge on any atom is -0.110 e. The molecule has 0 N–H and O–H groups in total. The van der Waals surface area contributed by atoms with Crippen molar-refractivity contribution in [3.8, 4) is 0 Å². The minimum atomic E-state index is 0.237. The van der Waals surface area contributed by atoms with E-state index >= 15 is 0 Å². The summed E-state index contributed by atoms with van der Waals surface area (Å²) in [6.45, 7) is 11.9. The van der Waals surface area contributed by atoms with Crippen molar-refractivity contribution < 1.29 is 0 Å². The van der Waals surface area contributed by atoms with E-state index in [1.165, 1.54) is 11.1 Å². The van der Waals surface area contributed by atoms with Crippen LogP contribution in [0.3, 0.4) is 0 Å². The van der Waals surface area contributed by atoms with Gasteiger partial charge in [0.15, 0.2) is 0 Å². The molecule has 0 nitrogen and oxygen atoms in total. The molecule has 0 bridgehead atoms. The molecule has 2 rings (SSSR count). The van der Waals surface area contributed by atoms with Crippen LogP contribution < -0.4 is 0 Å². The molecule has 0 heterocycles. The normalized spacial score (nSPS) is 13.2. The molecule has 0 saturated carbocycles. The molecule has 1 heteroatoms. The van der Waals surface area contributed by atoms with E-state index < -0.39 is 0 Å². The van der Waals surface area contributed by atoms with E-state index in [0.717, 1.165) is 8.58 Å². The monoisotopic (exact) mass is 298 g/mol. The zero-order chi connectivity index (χ0) is 15.5. The Balaban J connectivity index is 2.47. The zero-order valence-corrected chi connectivity index (χ0v) is 14.9. The molecule has 0 amide bonds. The van der Waals surface area contributed by atoms with Crippen LogP contribution in [-0.2, 0) is 0 Å². The van der Waals surface area contributed by atoms with Crippen LogP contribution >= 0.6 is 8.58 Å². The van der Waals surface area contributed by atoms with E-state index in [0.29, 0.717) is 11.1 Å². The maximum absolute atomic E-state index is 2.42. The van der Waals surface area contributed by atoms with Gasteiger partial charge in [0, 0.05) is 5.92 Å². The van der Waals surface area contributed by atoms with Crippen molar-refractivity contribution in [2.45, 2.75) is 50.8 Å². The molecule has 1 atom stereocenters. The maximum atomic E-state index is 2.42. The summed E-state index contributed by atoms with van der Waals surface area (Å²) >= 11 is 0. The molecule has 0 aliphatic heterocycles. The molecule has 0 spiro atoms. The van der Waals surface area contributed by atoms with Gasteiger partial charge in [-0.25, -0.2) is 0 Å². The molecule has 0 aliphatic rings. The van der Waals surface area contributed by atoms with Gasteiger partial charge in [0.1, 0.15) is 0 Å². The Morgan fingerprint density at radius 3 is 1.38 bits per heavy atom. The Morgan fingerprint density at radius 1 is 0.667 bits per heavy atom. The Kier molecular flexibility index (Phi) is 4.89. The third-order valence-corrected chi connectivity index (χ3v) is 5.37. The lowest BCUT2D eigenvalue weighted by Gasteiger charge is -2.40. The summed E-state index contributed by atoms with van der Waals surface area (Å²) in [5.74, 6) is 0.442. The fraction of sp³-hybridized carbons (Fsp3) is 0.400. The molecule has 21 heavy (non-hydrogen) atoms. The van der Waals surface area contributed by atoms with E-state index in [9.17, 15) is 0 Å². The van der Waals surface area contributed by atoms with Crippen molar-refractivity contribution >= 4 is 8.58 Å². The lowest BCUT2D eigenvalue weighted by atomic mass is 9.82. The molecule has 112 valence electrons. The lowest BCUT2D eigenvalue weighted by molar-refractivity contribution is 0.594. The molecule has 2 aromatic carbocycles. The standard InChI is InChI=1S/C20H27P/c1-19(2,3)21-20(4,5)18(16-12-8-6-9-13-16)17-14-10-7-11-15-17/h6-15,18,21H,1-5H3. The highest BCUT2D eigenvalue weighted by Gasteiger charge is 2.35. The maximum Gasteiger partial charge on any atom is 0.0177 e. The van der Waals surface area contributed by atoms with Crippen LogP contribution in [0.25, 0.3) is 0 Å². The van der Waals surface area contributed by atoms with Gasteiger partial charge in [-0.2, -0.15) is 0 Å². The van der Waals surface area contributed by atoms with Crippen LogP contribution in [0.4, 0.5) is 0 Å². The molecule has 0 aromatic heterocycles. The first-order valence-electron chi connectivity index (χ1n) is 7.69. The van der Waals surface area contributed by atoms with Crippen LogP contribution in [0, 0.1) is 0 Å². The molecular weight excluding hydrogens is 271 g/mol. The van der Waals surface area contributed by atoms with Crippen molar-refractivity contribution in [3.05, 3.63) is 71.8 Å². The summed E-state index contributed by atoms with van der Waals surface area (Å²) in [4.78, 5) is 0. The quantitative estimate of drug-likeness (QED) is 0.600. The van der Waals surface area contributed by atoms with E-state index in [2.05, 4.69) is 95.3 Å². The van der Waals surface area contributed by atoms with Crippen molar-refractivity contribution in [2.24, 2.45) is 0 Å². The van der Waals surface area contributed by atoms with Crippen LogP contribution in [0.1, 0.15) is 51.7 Å². The average Bonchev–Trinajstić information content (AvgIpc) is 2.38. The highest BCUT2D eigenvalue weighted by atomic mass is 31.1. The fourth-order valence-electron chi connectivity index (χ4n) is 3.36. The van der Waals surface area contributed by atoms with Crippen LogP contribution in [0.2, 0.25) is 0 Å². The second-order valence-corrected chi connectivity index (χ2v) is 10.4. The van der Waals surface area contributed by atoms with Gasteiger partial charge < -0.3 is 0 Å². The largest absolute Gasteiger partial charge is 0.110 e. The Hall–Kier alpha value is -1.13. The predicted octanol–water partition coefficient (Wildman–Crippen LogP) is 6.07. The molecular formula is C20H27P. The minimum absolute atomic E-state index is 0.237. The Bertz CT molecular complexity index is 510. The number of hydrogen-bond donors (Lipinski definition) is 0.